The molecule has 4 N–H and O–H groups in total. The number of oxime groups is 1. The van der Waals surface area contributed by atoms with Gasteiger partial charge in [0.1, 0.15) is 0 Å². The monoisotopic (exact) mass is 265 g/mol. The van der Waals surface area contributed by atoms with Crippen LogP contribution in [0.2, 0.25) is 0 Å². The smallest absolute Gasteiger partial charge is 0.234 e. The van der Waals surface area contributed by atoms with Gasteiger partial charge in [0.05, 0.1) is 12.5 Å². The molecule has 6 nitrogen and oxygen atoms in total. The van der Waals surface area contributed by atoms with E-state index in [1.807, 2.05) is 24.3 Å². The van der Waals surface area contributed by atoms with Crippen LogP contribution in [-0.4, -0.2) is 30.7 Å². The van der Waals surface area contributed by atoms with E-state index in [4.69, 9.17) is 15.7 Å². The average Bonchev–Trinajstić information content (AvgIpc) is 2.44. The number of carbonyl (C=O) groups is 1. The van der Waals surface area contributed by atoms with Gasteiger partial charge in [-0.15, -0.1) is 0 Å². The molecule has 0 aromatic heterocycles. The summed E-state index contributed by atoms with van der Waals surface area (Å²) in [5, 5.41) is 14.2. The van der Waals surface area contributed by atoms with E-state index in [2.05, 4.69) is 10.5 Å². The van der Waals surface area contributed by atoms with Crippen molar-refractivity contribution >= 4 is 17.4 Å². The Morgan fingerprint density at radius 3 is 2.84 bits per heavy atom. The third-order valence-corrected chi connectivity index (χ3v) is 2.80. The molecule has 0 bridgehead atoms. The lowest BCUT2D eigenvalue weighted by atomic mass is 10.1. The number of benzene rings is 1. The lowest BCUT2D eigenvalue weighted by Gasteiger charge is -2.14. The van der Waals surface area contributed by atoms with Crippen molar-refractivity contribution in [2.45, 2.75) is 13.3 Å². The topological polar surface area (TPSA) is 96.9 Å². The molecular formula is C13H19N3O3. The fourth-order valence-electron chi connectivity index (χ4n) is 1.53. The summed E-state index contributed by atoms with van der Waals surface area (Å²) in [5.41, 5.74) is 7.10. The molecule has 1 atom stereocenters. The van der Waals surface area contributed by atoms with Crippen LogP contribution in [0.15, 0.2) is 29.4 Å². The van der Waals surface area contributed by atoms with Crippen molar-refractivity contribution in [2.75, 3.05) is 19.0 Å². The Kier molecular flexibility index (Phi) is 5.81. The second-order valence-electron chi connectivity index (χ2n) is 4.14. The number of para-hydroxylation sites is 1. The Hall–Kier alpha value is -2.08. The van der Waals surface area contributed by atoms with Gasteiger partial charge in [0.2, 0.25) is 5.91 Å². The van der Waals surface area contributed by atoms with Crippen molar-refractivity contribution in [1.82, 2.24) is 0 Å². The molecular weight excluding hydrogens is 246 g/mol. The zero-order chi connectivity index (χ0) is 14.3. The summed E-state index contributed by atoms with van der Waals surface area (Å²) in [7, 11) is 1.63. The first-order valence-electron chi connectivity index (χ1n) is 5.95. The molecule has 0 fully saturated rings. The molecule has 0 saturated carbocycles. The Bertz CT molecular complexity index is 460. The van der Waals surface area contributed by atoms with Crippen LogP contribution in [0.25, 0.3) is 0 Å². The zero-order valence-electron chi connectivity index (χ0n) is 11.1. The molecule has 1 unspecified atom stereocenters. The lowest BCUT2D eigenvalue weighted by molar-refractivity contribution is -0.117. The number of hydrogen-bond donors (Lipinski definition) is 3. The van der Waals surface area contributed by atoms with Crippen LogP contribution in [0.3, 0.4) is 0 Å². The van der Waals surface area contributed by atoms with E-state index in [0.717, 1.165) is 5.56 Å². The fourth-order valence-corrected chi connectivity index (χ4v) is 1.53. The van der Waals surface area contributed by atoms with Crippen LogP contribution in [0.1, 0.15) is 12.5 Å². The molecule has 0 aliphatic carbocycles. The first-order valence-corrected chi connectivity index (χ1v) is 5.95. The van der Waals surface area contributed by atoms with Crippen LogP contribution < -0.4 is 11.1 Å². The number of ether oxygens (including phenoxy) is 1. The van der Waals surface area contributed by atoms with Gasteiger partial charge in [-0.3, -0.25) is 4.79 Å². The molecule has 0 aliphatic heterocycles. The number of amides is 1. The van der Waals surface area contributed by atoms with Gasteiger partial charge in [-0.1, -0.05) is 23.4 Å². The van der Waals surface area contributed by atoms with Crippen LogP contribution in [0.5, 0.6) is 0 Å². The first kappa shape index (κ1) is 15.0. The van der Waals surface area contributed by atoms with Crippen LogP contribution >= 0.6 is 0 Å². The maximum atomic E-state index is 11.9. The number of carbonyl (C=O) groups excluding carboxylic acids is 1. The maximum absolute atomic E-state index is 11.9. The van der Waals surface area contributed by atoms with Crippen molar-refractivity contribution in [2.24, 2.45) is 16.8 Å². The van der Waals surface area contributed by atoms with Crippen LogP contribution in [0.4, 0.5) is 5.69 Å². The Balaban J connectivity index is 2.79. The molecule has 0 aliphatic rings. The lowest BCUT2D eigenvalue weighted by Crippen LogP contribution is -2.32. The molecule has 6 heteroatoms. The summed E-state index contributed by atoms with van der Waals surface area (Å²) in [6.45, 7) is 2.14. The summed E-state index contributed by atoms with van der Waals surface area (Å²) in [6, 6.07) is 7.46. The SMILES string of the molecule is COCCc1ccccc1NC(=O)C(C)/C(N)=N/O. The number of anilines is 1. The molecule has 0 radical (unpaired) electrons. The number of rotatable bonds is 6. The third-order valence-electron chi connectivity index (χ3n) is 2.80. The highest BCUT2D eigenvalue weighted by Crippen LogP contribution is 2.16. The van der Waals surface area contributed by atoms with E-state index in [0.29, 0.717) is 18.7 Å². The Morgan fingerprint density at radius 1 is 1.53 bits per heavy atom. The van der Waals surface area contributed by atoms with Gasteiger partial charge in [-0.2, -0.15) is 0 Å². The first-order chi connectivity index (χ1) is 9.10. The van der Waals surface area contributed by atoms with E-state index in [1.54, 1.807) is 14.0 Å². The van der Waals surface area contributed by atoms with E-state index in [9.17, 15) is 4.79 Å². The zero-order valence-corrected chi connectivity index (χ0v) is 11.1. The second kappa shape index (κ2) is 7.38. The number of hydrogen-bond acceptors (Lipinski definition) is 4. The Labute approximate surface area is 112 Å². The molecule has 0 saturated heterocycles. The minimum Gasteiger partial charge on any atom is -0.409 e. The number of amidine groups is 1. The van der Waals surface area contributed by atoms with Crippen molar-refractivity contribution in [3.8, 4) is 0 Å². The quantitative estimate of drug-likeness (QED) is 0.311. The van der Waals surface area contributed by atoms with Gasteiger partial charge in [0.25, 0.3) is 0 Å². The van der Waals surface area contributed by atoms with Gasteiger partial charge >= 0.3 is 0 Å². The molecule has 1 rings (SSSR count). The van der Waals surface area contributed by atoms with Crippen molar-refractivity contribution in [1.29, 1.82) is 0 Å². The predicted molar refractivity (Wildman–Crippen MR) is 73.2 cm³/mol. The molecule has 0 spiro atoms. The average molecular weight is 265 g/mol. The normalized spacial score (nSPS) is 13.1. The van der Waals surface area contributed by atoms with Gasteiger partial charge < -0.3 is 21.0 Å². The molecule has 0 heterocycles. The van der Waals surface area contributed by atoms with Gasteiger partial charge in [0.15, 0.2) is 5.84 Å². The second-order valence-corrected chi connectivity index (χ2v) is 4.14. The summed E-state index contributed by atoms with van der Waals surface area (Å²) in [6.07, 6.45) is 0.699. The summed E-state index contributed by atoms with van der Waals surface area (Å²) in [5.74, 6) is -1.13. The van der Waals surface area contributed by atoms with Crippen molar-refractivity contribution in [3.05, 3.63) is 29.8 Å². The summed E-state index contributed by atoms with van der Waals surface area (Å²) in [4.78, 5) is 11.9. The number of nitrogens with zero attached hydrogens (tertiary/aromatic N) is 1. The molecule has 1 aromatic rings. The highest BCUT2D eigenvalue weighted by Gasteiger charge is 2.18. The van der Waals surface area contributed by atoms with Gasteiger partial charge in [0, 0.05) is 12.8 Å². The van der Waals surface area contributed by atoms with E-state index in [1.165, 1.54) is 0 Å². The van der Waals surface area contributed by atoms with Crippen LogP contribution in [0, 0.1) is 5.92 Å². The number of nitrogens with two attached hydrogens (primary N) is 1. The molecule has 19 heavy (non-hydrogen) atoms. The highest BCUT2D eigenvalue weighted by atomic mass is 16.5. The van der Waals surface area contributed by atoms with E-state index < -0.39 is 5.92 Å². The third kappa shape index (κ3) is 4.26. The predicted octanol–water partition coefficient (Wildman–Crippen LogP) is 1.20. The fraction of sp³-hybridized carbons (Fsp3) is 0.385. The van der Waals surface area contributed by atoms with Crippen molar-refractivity contribution < 1.29 is 14.7 Å². The molecule has 104 valence electrons. The number of nitrogens with one attached hydrogen (secondary N) is 1. The van der Waals surface area contributed by atoms with Gasteiger partial charge in [-0.25, -0.2) is 0 Å². The highest BCUT2D eigenvalue weighted by molar-refractivity contribution is 6.07. The number of methoxy groups -OCH3 is 1. The molecule has 1 aromatic carbocycles. The Morgan fingerprint density at radius 2 is 2.21 bits per heavy atom. The minimum absolute atomic E-state index is 0.119. The maximum Gasteiger partial charge on any atom is 0.234 e. The summed E-state index contributed by atoms with van der Waals surface area (Å²) >= 11 is 0. The van der Waals surface area contributed by atoms with E-state index >= 15 is 0 Å². The van der Waals surface area contributed by atoms with Crippen molar-refractivity contribution in [3.63, 3.8) is 0 Å². The van der Waals surface area contributed by atoms with E-state index in [-0.39, 0.29) is 11.7 Å². The largest absolute Gasteiger partial charge is 0.409 e. The summed E-state index contributed by atoms with van der Waals surface area (Å²) < 4.78 is 5.02. The minimum atomic E-state index is -0.694. The molecule has 1 amide bonds. The van der Waals surface area contributed by atoms with Crippen LogP contribution in [-0.2, 0) is 16.0 Å². The standard InChI is InChI=1S/C13H19N3O3/c1-9(12(14)16-18)13(17)15-11-6-4-3-5-10(11)7-8-19-2/h3-6,9,18H,7-8H2,1-2H3,(H2,14,16)(H,15,17). The van der Waals surface area contributed by atoms with Gasteiger partial charge in [-0.05, 0) is 25.0 Å².